The second kappa shape index (κ2) is 12.5. The number of ether oxygens (including phenoxy) is 1. The predicted molar refractivity (Wildman–Crippen MR) is 232 cm³/mol. The van der Waals surface area contributed by atoms with E-state index < -0.39 is 5.41 Å². The summed E-state index contributed by atoms with van der Waals surface area (Å²) in [6, 6.07) is 63.5. The van der Waals surface area contributed by atoms with E-state index >= 15 is 0 Å². The van der Waals surface area contributed by atoms with Crippen molar-refractivity contribution < 1.29 is 4.74 Å². The van der Waals surface area contributed by atoms with Gasteiger partial charge in [0.2, 0.25) is 0 Å². The molecule has 8 aromatic rings. The highest BCUT2D eigenvalue weighted by atomic mass is 16.5. The first-order valence-electron chi connectivity index (χ1n) is 19.4. The molecule has 0 amide bonds. The maximum Gasteiger partial charge on any atom is 0.140 e. The normalized spacial score (nSPS) is 14.5. The molecule has 1 spiro atoms. The summed E-state index contributed by atoms with van der Waals surface area (Å²) < 4.78 is 7.13. The van der Waals surface area contributed by atoms with Gasteiger partial charge in [-0.15, -0.1) is 0 Å². The Labute approximate surface area is 327 Å². The lowest BCUT2D eigenvalue weighted by Gasteiger charge is -2.40. The molecule has 3 aliphatic rings. The molecule has 0 atom stereocenters. The molecule has 0 bridgehead atoms. The minimum atomic E-state index is -0.570. The van der Waals surface area contributed by atoms with Gasteiger partial charge in [0, 0.05) is 39.1 Å². The third kappa shape index (κ3) is 4.60. The molecular weight excluding hydrogens is 679 g/mol. The maximum absolute atomic E-state index is 7.13. The van der Waals surface area contributed by atoms with Crippen LogP contribution in [0.15, 0.2) is 194 Å². The van der Waals surface area contributed by atoms with Crippen molar-refractivity contribution in [3.8, 4) is 33.8 Å². The molecule has 0 N–H and O–H groups in total. The summed E-state index contributed by atoms with van der Waals surface area (Å²) >= 11 is 0. The topological polar surface area (TPSA) is 21.6 Å². The highest BCUT2D eigenvalue weighted by molar-refractivity contribution is 6.13. The lowest BCUT2D eigenvalue weighted by Crippen LogP contribution is -2.32. The molecule has 11 rings (SSSR count). The van der Waals surface area contributed by atoms with Gasteiger partial charge in [-0.3, -0.25) is 4.99 Å². The Bertz CT molecular complexity index is 2960. The van der Waals surface area contributed by atoms with Crippen molar-refractivity contribution >= 4 is 27.8 Å². The Morgan fingerprint density at radius 2 is 1.18 bits per heavy atom. The molecule has 56 heavy (non-hydrogen) atoms. The average Bonchev–Trinajstić information content (AvgIpc) is 3.77. The highest BCUT2D eigenvalue weighted by Gasteiger charge is 2.51. The zero-order chi connectivity index (χ0) is 37.4. The predicted octanol–water partition coefficient (Wildman–Crippen LogP) is 13.4. The van der Waals surface area contributed by atoms with Crippen molar-refractivity contribution in [2.75, 3.05) is 0 Å². The first-order valence-corrected chi connectivity index (χ1v) is 19.4. The van der Waals surface area contributed by atoms with Gasteiger partial charge in [-0.1, -0.05) is 176 Å². The molecule has 1 aliphatic heterocycles. The van der Waals surface area contributed by atoms with Crippen LogP contribution in [0.4, 0.5) is 0 Å². The first-order chi connectivity index (χ1) is 27.6. The van der Waals surface area contributed by atoms with Gasteiger partial charge in [0.15, 0.2) is 0 Å². The summed E-state index contributed by atoms with van der Waals surface area (Å²) in [5, 5.41) is 2.37. The van der Waals surface area contributed by atoms with Crippen LogP contribution >= 0.6 is 0 Å². The SMILES string of the molecule is C=C/C(=C(\N=C(C)c1cccc2ccccc12)c1ccc2c(c1)-c1ccccc1C2)c1cccc2c1Oc1ccccc1C21c2ccccc2-c2ccccc21. The fourth-order valence-electron chi connectivity index (χ4n) is 9.74. The quantitative estimate of drug-likeness (QED) is 0.0988. The number of rotatable bonds is 5. The van der Waals surface area contributed by atoms with E-state index in [2.05, 4.69) is 189 Å². The third-order valence-electron chi connectivity index (χ3n) is 12.2. The number of para-hydroxylation sites is 2. The fraction of sp³-hybridized carbons (Fsp3) is 0.0556. The summed E-state index contributed by atoms with van der Waals surface area (Å²) in [6.07, 6.45) is 2.90. The van der Waals surface area contributed by atoms with Crippen molar-refractivity contribution in [2.24, 2.45) is 4.99 Å². The second-order valence-electron chi connectivity index (χ2n) is 15.0. The molecule has 2 heteroatoms. The van der Waals surface area contributed by atoms with Gasteiger partial charge in [-0.25, -0.2) is 0 Å². The van der Waals surface area contributed by atoms with Crippen molar-refractivity contribution in [2.45, 2.75) is 18.8 Å². The molecule has 0 saturated heterocycles. The summed E-state index contributed by atoms with van der Waals surface area (Å²) in [5.41, 5.74) is 17.8. The summed E-state index contributed by atoms with van der Waals surface area (Å²) in [7, 11) is 0. The summed E-state index contributed by atoms with van der Waals surface area (Å²) in [4.78, 5) is 5.62. The fourth-order valence-corrected chi connectivity index (χ4v) is 9.74. The van der Waals surface area contributed by atoms with Crippen molar-refractivity contribution in [3.05, 3.63) is 239 Å². The Morgan fingerprint density at radius 1 is 0.571 bits per heavy atom. The number of aliphatic imine (C=N–C) groups is 1. The Morgan fingerprint density at radius 3 is 1.98 bits per heavy atom. The zero-order valence-corrected chi connectivity index (χ0v) is 31.1. The van der Waals surface area contributed by atoms with E-state index in [9.17, 15) is 0 Å². The van der Waals surface area contributed by atoms with Gasteiger partial charge in [-0.05, 0) is 80.8 Å². The zero-order valence-electron chi connectivity index (χ0n) is 31.1. The third-order valence-corrected chi connectivity index (χ3v) is 12.2. The van der Waals surface area contributed by atoms with Crippen LogP contribution in [0.25, 0.3) is 44.3 Å². The van der Waals surface area contributed by atoms with E-state index in [0.29, 0.717) is 0 Å². The number of nitrogens with zero attached hydrogens (tertiary/aromatic N) is 1. The van der Waals surface area contributed by atoms with Crippen LogP contribution in [0, 0.1) is 0 Å². The molecule has 0 fully saturated rings. The first kappa shape index (κ1) is 32.4. The van der Waals surface area contributed by atoms with Crippen molar-refractivity contribution in [1.82, 2.24) is 0 Å². The molecule has 2 aliphatic carbocycles. The molecule has 2 nitrogen and oxygen atoms in total. The van der Waals surface area contributed by atoms with Crippen LogP contribution < -0.4 is 4.74 Å². The van der Waals surface area contributed by atoms with Crippen LogP contribution in [0.1, 0.15) is 57.0 Å². The van der Waals surface area contributed by atoms with Gasteiger partial charge < -0.3 is 4.74 Å². The molecule has 0 unspecified atom stereocenters. The van der Waals surface area contributed by atoms with Gasteiger partial charge >= 0.3 is 0 Å². The van der Waals surface area contributed by atoms with Crippen LogP contribution in [0.5, 0.6) is 11.5 Å². The molecule has 0 aromatic heterocycles. The molecule has 0 radical (unpaired) electrons. The van der Waals surface area contributed by atoms with Crippen molar-refractivity contribution in [1.29, 1.82) is 0 Å². The number of benzene rings is 8. The molecule has 0 saturated carbocycles. The Hall–Kier alpha value is -7.03. The largest absolute Gasteiger partial charge is 0.456 e. The van der Waals surface area contributed by atoms with Crippen molar-refractivity contribution in [3.63, 3.8) is 0 Å². The van der Waals surface area contributed by atoms with Gasteiger partial charge in [0.05, 0.1) is 11.1 Å². The van der Waals surface area contributed by atoms with Crippen LogP contribution in [0.2, 0.25) is 0 Å². The Kier molecular flexibility index (Phi) is 7.24. The van der Waals surface area contributed by atoms with E-state index in [-0.39, 0.29) is 0 Å². The number of fused-ring (bicyclic) bond motifs is 13. The number of hydrogen-bond donors (Lipinski definition) is 0. The van der Waals surface area contributed by atoms with E-state index in [0.717, 1.165) is 62.7 Å². The molecule has 1 heterocycles. The molecular formula is C54H37NO. The van der Waals surface area contributed by atoms with Gasteiger partial charge in [0.1, 0.15) is 11.5 Å². The lowest BCUT2D eigenvalue weighted by molar-refractivity contribution is 0.435. The van der Waals surface area contributed by atoms with E-state index in [1.807, 2.05) is 6.08 Å². The minimum absolute atomic E-state index is 0.570. The second-order valence-corrected chi connectivity index (χ2v) is 15.0. The lowest BCUT2D eigenvalue weighted by atomic mass is 9.65. The van der Waals surface area contributed by atoms with E-state index in [1.54, 1.807) is 0 Å². The standard InChI is InChI=1S/C54H37NO/c1-3-39(45-24-15-28-50-53(45)56-51-29-13-12-27-49(51)54(50)47-25-10-8-21-43(47)44-22-9-11-26-48(44)54)52(55-34(2)40-23-14-18-35-16-4-6-19-41(35)40)38-31-30-37-32-36-17-5-7-20-42(36)46(37)33-38/h3-31,33H,1,32H2,2H3/b52-39+,55-34?. The van der Waals surface area contributed by atoms with Gasteiger partial charge in [0.25, 0.3) is 0 Å². The number of hydrogen-bond acceptors (Lipinski definition) is 2. The smallest absolute Gasteiger partial charge is 0.140 e. The van der Waals surface area contributed by atoms with Crippen LogP contribution in [-0.4, -0.2) is 5.71 Å². The van der Waals surface area contributed by atoms with Crippen LogP contribution in [0.3, 0.4) is 0 Å². The average molecular weight is 716 g/mol. The summed E-state index contributed by atoms with van der Waals surface area (Å²) in [5.74, 6) is 1.68. The van der Waals surface area contributed by atoms with Crippen LogP contribution in [-0.2, 0) is 11.8 Å². The van der Waals surface area contributed by atoms with E-state index in [4.69, 9.17) is 9.73 Å². The highest BCUT2D eigenvalue weighted by Crippen LogP contribution is 2.63. The van der Waals surface area contributed by atoms with Gasteiger partial charge in [-0.2, -0.15) is 0 Å². The molecule has 264 valence electrons. The Balaban J connectivity index is 1.21. The maximum atomic E-state index is 7.13. The summed E-state index contributed by atoms with van der Waals surface area (Å²) in [6.45, 7) is 6.62. The monoisotopic (exact) mass is 715 g/mol. The van der Waals surface area contributed by atoms with E-state index in [1.165, 1.54) is 55.3 Å². The molecule has 8 aromatic carbocycles. The minimum Gasteiger partial charge on any atom is -0.456 e. The number of allylic oxidation sites excluding steroid dienone is 2.